The summed E-state index contributed by atoms with van der Waals surface area (Å²) in [7, 11) is 0. The van der Waals surface area contributed by atoms with E-state index in [1.165, 1.54) is 23.1 Å². The number of benzene rings is 1. The van der Waals surface area contributed by atoms with Gasteiger partial charge in [0, 0.05) is 4.88 Å². The highest BCUT2D eigenvalue weighted by molar-refractivity contribution is 7.14. The van der Waals surface area contributed by atoms with Gasteiger partial charge in [-0.25, -0.2) is 5.43 Å². The number of aryl methyl sites for hydroxylation is 1. The minimum Gasteiger partial charge on any atom is -0.546 e. The number of nitrogens with zero attached hydrogens (tertiary/aromatic N) is 1. The maximum absolute atomic E-state index is 12.2. The molecule has 7 heteroatoms. The molecule has 1 aromatic carbocycles. The number of hydrogen-bond donors (Lipinski definition) is 1. The minimum atomic E-state index is -1.27. The quantitative estimate of drug-likeness (QED) is 0.619. The van der Waals surface area contributed by atoms with Gasteiger partial charge in [-0.15, -0.1) is 11.3 Å². The second kappa shape index (κ2) is 8.14. The van der Waals surface area contributed by atoms with E-state index in [0.717, 1.165) is 18.4 Å². The summed E-state index contributed by atoms with van der Waals surface area (Å²) < 4.78 is 5.00. The van der Waals surface area contributed by atoms with Gasteiger partial charge in [0.2, 0.25) is 0 Å². The first-order valence-electron chi connectivity index (χ1n) is 8.39. The van der Waals surface area contributed by atoms with Gasteiger partial charge in [-0.1, -0.05) is 6.92 Å². The molecule has 1 heterocycles. The zero-order chi connectivity index (χ0) is 18.5. The van der Waals surface area contributed by atoms with Crippen molar-refractivity contribution >= 4 is 29.4 Å². The molecule has 1 N–H and O–H groups in total. The van der Waals surface area contributed by atoms with Gasteiger partial charge in [-0.2, -0.15) is 5.10 Å². The molecule has 0 saturated carbocycles. The van der Waals surface area contributed by atoms with E-state index in [1.807, 2.05) is 6.07 Å². The zero-order valence-electron chi connectivity index (χ0n) is 14.4. The average Bonchev–Trinajstić information content (AvgIpc) is 3.04. The van der Waals surface area contributed by atoms with Gasteiger partial charge in [-0.05, 0) is 66.6 Å². The van der Waals surface area contributed by atoms with Gasteiger partial charge >= 0.3 is 0 Å². The standard InChI is InChI=1S/C19H20N2O4S/c1-12-2-7-16-14(8-12)9-17(26-16)19(24)21-20-10-13-3-5-15(6-4-13)25-11-18(22)23/h3-6,9-10,12H,2,7-8,11H2,1H3,(H,21,24)(H,22,23)/p-1/b20-10-/t12-/m0/s1. The fraction of sp³-hybridized carbons (Fsp3) is 0.316. The molecule has 1 aliphatic rings. The largest absolute Gasteiger partial charge is 0.546 e. The van der Waals surface area contributed by atoms with Crippen LogP contribution in [0.3, 0.4) is 0 Å². The van der Waals surface area contributed by atoms with E-state index in [1.54, 1.807) is 35.6 Å². The molecule has 0 unspecified atom stereocenters. The van der Waals surface area contributed by atoms with Gasteiger partial charge in [0.15, 0.2) is 0 Å². The Labute approximate surface area is 155 Å². The van der Waals surface area contributed by atoms with Crippen molar-refractivity contribution in [2.24, 2.45) is 11.0 Å². The first kappa shape index (κ1) is 18.1. The Kier molecular flexibility index (Phi) is 5.68. The molecule has 1 aromatic heterocycles. The van der Waals surface area contributed by atoms with Crippen molar-refractivity contribution < 1.29 is 19.4 Å². The molecule has 136 valence electrons. The van der Waals surface area contributed by atoms with Crippen LogP contribution in [-0.4, -0.2) is 24.7 Å². The highest BCUT2D eigenvalue weighted by Gasteiger charge is 2.20. The molecule has 0 spiro atoms. The highest BCUT2D eigenvalue weighted by atomic mass is 32.1. The summed E-state index contributed by atoms with van der Waals surface area (Å²) in [6.07, 6.45) is 4.78. The van der Waals surface area contributed by atoms with Crippen LogP contribution in [0.5, 0.6) is 5.75 Å². The molecular formula is C19H19N2O4S-. The summed E-state index contributed by atoms with van der Waals surface area (Å²) in [6.45, 7) is 1.74. The number of carbonyl (C=O) groups is 2. The molecule has 0 fully saturated rings. The van der Waals surface area contributed by atoms with Crippen LogP contribution in [0, 0.1) is 5.92 Å². The number of hydrazone groups is 1. The van der Waals surface area contributed by atoms with E-state index < -0.39 is 12.6 Å². The van der Waals surface area contributed by atoms with E-state index in [-0.39, 0.29) is 5.91 Å². The third-order valence-electron chi connectivity index (χ3n) is 4.17. The molecule has 0 bridgehead atoms. The van der Waals surface area contributed by atoms with Gasteiger partial charge in [0.05, 0.1) is 17.1 Å². The summed E-state index contributed by atoms with van der Waals surface area (Å²) in [6, 6.07) is 8.65. The lowest BCUT2D eigenvalue weighted by Gasteiger charge is -2.16. The molecule has 1 atom stereocenters. The minimum absolute atomic E-state index is 0.206. The first-order chi connectivity index (χ1) is 12.5. The zero-order valence-corrected chi connectivity index (χ0v) is 15.2. The third kappa shape index (κ3) is 4.70. The molecule has 3 rings (SSSR count). The monoisotopic (exact) mass is 371 g/mol. The normalized spacial score (nSPS) is 16.3. The van der Waals surface area contributed by atoms with Gasteiger partial charge in [-0.3, -0.25) is 4.79 Å². The molecule has 1 aliphatic carbocycles. The topological polar surface area (TPSA) is 90.8 Å². The van der Waals surface area contributed by atoms with Crippen molar-refractivity contribution in [3.63, 3.8) is 0 Å². The van der Waals surface area contributed by atoms with Crippen molar-refractivity contribution in [1.82, 2.24) is 5.43 Å². The van der Waals surface area contributed by atoms with Crippen LogP contribution in [0.15, 0.2) is 35.4 Å². The SMILES string of the molecule is C[C@H]1CCc2sc(C(=O)N/N=C\c3ccc(OCC(=O)[O-])cc3)cc2C1. The molecular weight excluding hydrogens is 352 g/mol. The van der Waals surface area contributed by atoms with Gasteiger partial charge in [0.1, 0.15) is 12.4 Å². The predicted molar refractivity (Wildman–Crippen MR) is 97.5 cm³/mol. The van der Waals surface area contributed by atoms with Crippen LogP contribution >= 0.6 is 11.3 Å². The number of carbonyl (C=O) groups excluding carboxylic acids is 2. The summed E-state index contributed by atoms with van der Waals surface area (Å²) >= 11 is 1.55. The number of carboxylic acids is 1. The number of rotatable bonds is 6. The fourth-order valence-corrected chi connectivity index (χ4v) is 3.93. The molecule has 6 nitrogen and oxygen atoms in total. The fourth-order valence-electron chi connectivity index (χ4n) is 2.83. The lowest BCUT2D eigenvalue weighted by molar-refractivity contribution is -0.307. The van der Waals surface area contributed by atoms with Crippen LogP contribution < -0.4 is 15.3 Å². The first-order valence-corrected chi connectivity index (χ1v) is 9.20. The Morgan fingerprint density at radius 1 is 1.38 bits per heavy atom. The van der Waals surface area contributed by atoms with E-state index in [4.69, 9.17) is 4.74 Å². The summed E-state index contributed by atoms with van der Waals surface area (Å²) in [5.74, 6) is -0.385. The summed E-state index contributed by atoms with van der Waals surface area (Å²) in [4.78, 5) is 24.6. The number of hydrogen-bond acceptors (Lipinski definition) is 6. The number of carboxylic acid groups (broad SMARTS) is 1. The Morgan fingerprint density at radius 3 is 2.88 bits per heavy atom. The molecule has 0 saturated heterocycles. The Balaban J connectivity index is 1.55. The maximum atomic E-state index is 12.2. The second-order valence-electron chi connectivity index (χ2n) is 6.34. The van der Waals surface area contributed by atoms with Crippen molar-refractivity contribution in [1.29, 1.82) is 0 Å². The Hall–Kier alpha value is -2.67. The predicted octanol–water partition coefficient (Wildman–Crippen LogP) is 1.77. The van der Waals surface area contributed by atoms with Crippen molar-refractivity contribution in [3.05, 3.63) is 51.2 Å². The Morgan fingerprint density at radius 2 is 2.15 bits per heavy atom. The van der Waals surface area contributed by atoms with E-state index >= 15 is 0 Å². The number of amides is 1. The van der Waals surface area contributed by atoms with Crippen LogP contribution in [0.1, 0.15) is 39.0 Å². The molecule has 0 aliphatic heterocycles. The smallest absolute Gasteiger partial charge is 0.281 e. The van der Waals surface area contributed by atoms with Crippen LogP contribution in [0.25, 0.3) is 0 Å². The number of fused-ring (bicyclic) bond motifs is 1. The molecule has 1 amide bonds. The lowest BCUT2D eigenvalue weighted by Crippen LogP contribution is -2.28. The van der Waals surface area contributed by atoms with E-state index in [9.17, 15) is 14.7 Å². The number of nitrogens with one attached hydrogen (secondary N) is 1. The maximum Gasteiger partial charge on any atom is 0.281 e. The van der Waals surface area contributed by atoms with Crippen LogP contribution in [-0.2, 0) is 17.6 Å². The third-order valence-corrected chi connectivity index (χ3v) is 5.41. The second-order valence-corrected chi connectivity index (χ2v) is 7.47. The number of aliphatic carboxylic acids is 1. The molecule has 2 aromatic rings. The number of ether oxygens (including phenoxy) is 1. The van der Waals surface area contributed by atoms with E-state index in [0.29, 0.717) is 16.5 Å². The summed E-state index contributed by atoms with van der Waals surface area (Å²) in [5.41, 5.74) is 4.59. The van der Waals surface area contributed by atoms with Gasteiger partial charge in [0.25, 0.3) is 5.91 Å². The van der Waals surface area contributed by atoms with Crippen molar-refractivity contribution in [2.45, 2.75) is 26.2 Å². The molecule has 26 heavy (non-hydrogen) atoms. The highest BCUT2D eigenvalue weighted by Crippen LogP contribution is 2.32. The lowest BCUT2D eigenvalue weighted by atomic mass is 9.90. The average molecular weight is 371 g/mol. The van der Waals surface area contributed by atoms with E-state index in [2.05, 4.69) is 17.5 Å². The summed E-state index contributed by atoms with van der Waals surface area (Å²) in [5, 5.41) is 14.3. The van der Waals surface area contributed by atoms with Gasteiger partial charge < -0.3 is 14.6 Å². The molecule has 0 radical (unpaired) electrons. The van der Waals surface area contributed by atoms with Crippen LogP contribution in [0.2, 0.25) is 0 Å². The van der Waals surface area contributed by atoms with Crippen molar-refractivity contribution in [2.75, 3.05) is 6.61 Å². The Bertz CT molecular complexity index is 827. The number of thiophene rings is 1. The van der Waals surface area contributed by atoms with Crippen LogP contribution in [0.4, 0.5) is 0 Å². The van der Waals surface area contributed by atoms with Crippen molar-refractivity contribution in [3.8, 4) is 5.75 Å².